The Hall–Kier alpha value is -2.31. The molecule has 0 bridgehead atoms. The van der Waals surface area contributed by atoms with Crippen molar-refractivity contribution in [1.82, 2.24) is 15.1 Å². The molecule has 0 radical (unpaired) electrons. The lowest BCUT2D eigenvalue weighted by atomic mass is 10.1. The summed E-state index contributed by atoms with van der Waals surface area (Å²) in [5.74, 6) is -1.02. The van der Waals surface area contributed by atoms with Gasteiger partial charge in [0.25, 0.3) is 0 Å². The summed E-state index contributed by atoms with van der Waals surface area (Å²) in [5.41, 5.74) is 0.848. The van der Waals surface area contributed by atoms with Gasteiger partial charge in [-0.05, 0) is 34.1 Å². The first-order valence-corrected chi connectivity index (χ1v) is 7.02. The fourth-order valence-corrected chi connectivity index (χ4v) is 1.90. The number of ether oxygens (including phenoxy) is 1. The zero-order valence-electron chi connectivity index (χ0n) is 13.6. The van der Waals surface area contributed by atoms with Crippen molar-refractivity contribution in [3.8, 4) is 0 Å². The monoisotopic (exact) mass is 309 g/mol. The molecule has 2 N–H and O–H groups in total. The Kier molecular flexibility index (Phi) is 5.73. The van der Waals surface area contributed by atoms with Gasteiger partial charge in [-0.3, -0.25) is 4.68 Å². The summed E-state index contributed by atoms with van der Waals surface area (Å²) >= 11 is 0. The average Bonchev–Trinajstić information content (AvgIpc) is 2.61. The molecule has 122 valence electrons. The van der Waals surface area contributed by atoms with E-state index in [0.717, 1.165) is 0 Å². The van der Waals surface area contributed by atoms with E-state index in [0.29, 0.717) is 24.2 Å². The number of carbonyl (C=O) groups excluding carboxylic acids is 1. The summed E-state index contributed by atoms with van der Waals surface area (Å²) in [6.07, 6.45) is 3.60. The highest BCUT2D eigenvalue weighted by Gasteiger charge is 2.17. The Morgan fingerprint density at radius 3 is 2.59 bits per heavy atom. The number of amides is 1. The van der Waals surface area contributed by atoms with Gasteiger partial charge in [-0.25, -0.2) is 9.59 Å². The molecule has 1 aromatic heterocycles. The zero-order chi connectivity index (χ0) is 16.9. The lowest BCUT2D eigenvalue weighted by Gasteiger charge is -2.19. The highest BCUT2D eigenvalue weighted by molar-refractivity contribution is 5.90. The van der Waals surface area contributed by atoms with Gasteiger partial charge in [-0.2, -0.15) is 5.10 Å². The van der Waals surface area contributed by atoms with E-state index >= 15 is 0 Å². The van der Waals surface area contributed by atoms with Crippen LogP contribution in [0.15, 0.2) is 6.08 Å². The van der Waals surface area contributed by atoms with Crippen LogP contribution >= 0.6 is 0 Å². The molecule has 0 aromatic carbocycles. The number of nitrogens with one attached hydrogen (secondary N) is 1. The number of carboxylic acids is 1. The first-order chi connectivity index (χ1) is 10.1. The van der Waals surface area contributed by atoms with E-state index in [1.54, 1.807) is 46.9 Å². The molecule has 0 aliphatic carbocycles. The van der Waals surface area contributed by atoms with Crippen molar-refractivity contribution in [2.75, 3.05) is 6.54 Å². The molecule has 22 heavy (non-hydrogen) atoms. The molecule has 0 saturated carbocycles. The number of carbonyl (C=O) groups is 2. The summed E-state index contributed by atoms with van der Waals surface area (Å²) in [4.78, 5) is 22.6. The largest absolute Gasteiger partial charge is 0.477 e. The average molecular weight is 309 g/mol. The quantitative estimate of drug-likeness (QED) is 0.814. The van der Waals surface area contributed by atoms with Gasteiger partial charge in [0, 0.05) is 19.2 Å². The van der Waals surface area contributed by atoms with E-state index in [2.05, 4.69) is 10.4 Å². The van der Waals surface area contributed by atoms with Gasteiger partial charge in [-0.15, -0.1) is 0 Å². The molecule has 0 unspecified atom stereocenters. The maximum atomic E-state index is 11.4. The number of aromatic nitrogens is 2. The number of hydrogen-bond donors (Lipinski definition) is 2. The van der Waals surface area contributed by atoms with E-state index in [4.69, 9.17) is 4.74 Å². The molecule has 1 amide bonds. The molecule has 1 aromatic rings. The third-order valence-corrected chi connectivity index (χ3v) is 2.73. The molecule has 0 aliphatic rings. The van der Waals surface area contributed by atoms with Gasteiger partial charge in [-0.1, -0.05) is 12.2 Å². The number of aromatic carboxylic acids is 1. The third kappa shape index (κ3) is 5.23. The topological polar surface area (TPSA) is 93.5 Å². The fourth-order valence-electron chi connectivity index (χ4n) is 1.90. The predicted octanol–water partition coefficient (Wildman–Crippen LogP) is 2.35. The van der Waals surface area contributed by atoms with E-state index in [1.165, 1.54) is 4.68 Å². The first-order valence-electron chi connectivity index (χ1n) is 7.02. The number of aryl methyl sites for hydroxylation is 2. The van der Waals surface area contributed by atoms with Crippen LogP contribution in [0.1, 0.15) is 48.9 Å². The van der Waals surface area contributed by atoms with Crippen LogP contribution in [-0.2, 0) is 11.8 Å². The molecule has 0 aliphatic heterocycles. The molecular formula is C15H23N3O4. The fraction of sp³-hybridized carbons (Fsp3) is 0.533. The minimum atomic E-state index is -1.02. The molecule has 1 rings (SSSR count). The number of carboxylic acid groups (broad SMARTS) is 1. The van der Waals surface area contributed by atoms with Crippen molar-refractivity contribution >= 4 is 18.1 Å². The molecule has 1 heterocycles. The first kappa shape index (κ1) is 17.7. The normalized spacial score (nSPS) is 11.7. The highest BCUT2D eigenvalue weighted by Crippen LogP contribution is 2.15. The van der Waals surface area contributed by atoms with Crippen LogP contribution in [0.4, 0.5) is 4.79 Å². The molecular weight excluding hydrogens is 286 g/mol. The Morgan fingerprint density at radius 1 is 1.41 bits per heavy atom. The van der Waals surface area contributed by atoms with Gasteiger partial charge >= 0.3 is 12.1 Å². The van der Waals surface area contributed by atoms with Gasteiger partial charge in [0.05, 0.1) is 5.69 Å². The van der Waals surface area contributed by atoms with Crippen LogP contribution in [0.5, 0.6) is 0 Å². The van der Waals surface area contributed by atoms with E-state index < -0.39 is 17.7 Å². The van der Waals surface area contributed by atoms with E-state index in [1.807, 2.05) is 0 Å². The second kappa shape index (κ2) is 7.11. The lowest BCUT2D eigenvalue weighted by Crippen LogP contribution is -2.32. The van der Waals surface area contributed by atoms with Crippen molar-refractivity contribution in [2.45, 2.75) is 39.7 Å². The van der Waals surface area contributed by atoms with Gasteiger partial charge < -0.3 is 15.2 Å². The van der Waals surface area contributed by atoms with Gasteiger partial charge in [0.1, 0.15) is 5.60 Å². The lowest BCUT2D eigenvalue weighted by molar-refractivity contribution is 0.0528. The summed E-state index contributed by atoms with van der Waals surface area (Å²) in [7, 11) is 1.60. The van der Waals surface area contributed by atoms with Crippen molar-refractivity contribution in [2.24, 2.45) is 7.05 Å². The Morgan fingerprint density at radius 2 is 2.05 bits per heavy atom. The van der Waals surface area contributed by atoms with Crippen molar-refractivity contribution in [3.05, 3.63) is 23.0 Å². The predicted molar refractivity (Wildman–Crippen MR) is 82.8 cm³/mol. The van der Waals surface area contributed by atoms with Crippen LogP contribution in [0.25, 0.3) is 6.08 Å². The minimum Gasteiger partial charge on any atom is -0.477 e. The summed E-state index contributed by atoms with van der Waals surface area (Å²) in [5, 5.41) is 15.9. The smallest absolute Gasteiger partial charge is 0.407 e. The summed E-state index contributed by atoms with van der Waals surface area (Å²) < 4.78 is 6.45. The summed E-state index contributed by atoms with van der Waals surface area (Å²) in [6, 6.07) is 0. The standard InChI is InChI=1S/C15H23N3O4/c1-10-11(12(13(19)20)18(5)17-10)8-6-7-9-16-14(21)22-15(2,3)4/h6,8H,7,9H2,1-5H3,(H,16,21)(H,19,20). The second-order valence-electron chi connectivity index (χ2n) is 5.90. The molecule has 0 fully saturated rings. The maximum absolute atomic E-state index is 11.4. The third-order valence-electron chi connectivity index (χ3n) is 2.73. The van der Waals surface area contributed by atoms with Crippen LogP contribution in [0.2, 0.25) is 0 Å². The SMILES string of the molecule is Cc1nn(C)c(C(=O)O)c1C=CCCNC(=O)OC(C)(C)C. The molecule has 7 nitrogen and oxygen atoms in total. The Bertz CT molecular complexity index is 582. The van der Waals surface area contributed by atoms with Crippen molar-refractivity contribution in [3.63, 3.8) is 0 Å². The van der Waals surface area contributed by atoms with Crippen LogP contribution < -0.4 is 5.32 Å². The molecule has 7 heteroatoms. The molecule has 0 spiro atoms. The zero-order valence-corrected chi connectivity index (χ0v) is 13.6. The van der Waals surface area contributed by atoms with E-state index in [-0.39, 0.29) is 5.69 Å². The molecule has 0 atom stereocenters. The van der Waals surface area contributed by atoms with Gasteiger partial charge in [0.15, 0.2) is 5.69 Å². The summed E-state index contributed by atoms with van der Waals surface area (Å²) in [6.45, 7) is 7.56. The molecule has 0 saturated heterocycles. The van der Waals surface area contributed by atoms with Crippen LogP contribution in [-0.4, -0.2) is 39.1 Å². The van der Waals surface area contributed by atoms with Crippen LogP contribution in [0, 0.1) is 6.92 Å². The van der Waals surface area contributed by atoms with E-state index in [9.17, 15) is 14.7 Å². The Balaban J connectivity index is 2.54. The Labute approximate surface area is 130 Å². The highest BCUT2D eigenvalue weighted by atomic mass is 16.6. The van der Waals surface area contributed by atoms with Gasteiger partial charge in [0.2, 0.25) is 0 Å². The van der Waals surface area contributed by atoms with Crippen molar-refractivity contribution < 1.29 is 19.4 Å². The number of alkyl carbamates (subject to hydrolysis) is 1. The number of rotatable bonds is 5. The number of hydrogen-bond acceptors (Lipinski definition) is 4. The second-order valence-corrected chi connectivity index (χ2v) is 5.90. The maximum Gasteiger partial charge on any atom is 0.407 e. The van der Waals surface area contributed by atoms with Crippen molar-refractivity contribution in [1.29, 1.82) is 0 Å². The number of nitrogens with zero attached hydrogens (tertiary/aromatic N) is 2. The van der Waals surface area contributed by atoms with Crippen LogP contribution in [0.3, 0.4) is 0 Å². The minimum absolute atomic E-state index is 0.147.